The van der Waals surface area contributed by atoms with Gasteiger partial charge in [-0.1, -0.05) is 12.8 Å². The number of nitrogens with one attached hydrogen (secondary N) is 1. The Labute approximate surface area is 90.5 Å². The van der Waals surface area contributed by atoms with E-state index >= 15 is 0 Å². The van der Waals surface area contributed by atoms with E-state index in [4.69, 9.17) is 0 Å². The molecule has 14 heavy (non-hydrogen) atoms. The molecule has 0 spiro atoms. The Morgan fingerprint density at radius 3 is 2.79 bits per heavy atom. The summed E-state index contributed by atoms with van der Waals surface area (Å²) in [5.74, 6) is 0.955. The number of hydrogen-bond donors (Lipinski definition) is 1. The summed E-state index contributed by atoms with van der Waals surface area (Å²) in [5, 5.41) is 3.57. The molecule has 2 heteroatoms. The van der Waals surface area contributed by atoms with Crippen molar-refractivity contribution in [3.8, 4) is 0 Å². The topological polar surface area (TPSA) is 12.0 Å². The summed E-state index contributed by atoms with van der Waals surface area (Å²) >= 11 is 1.91. The maximum absolute atomic E-state index is 3.57. The number of aryl methyl sites for hydroxylation is 1. The van der Waals surface area contributed by atoms with Crippen molar-refractivity contribution in [3.63, 3.8) is 0 Å². The first-order chi connectivity index (χ1) is 6.84. The van der Waals surface area contributed by atoms with E-state index < -0.39 is 0 Å². The minimum Gasteiger partial charge on any atom is -0.312 e. The lowest BCUT2D eigenvalue weighted by Gasteiger charge is -2.09. The molecule has 1 saturated carbocycles. The van der Waals surface area contributed by atoms with E-state index in [1.807, 2.05) is 11.3 Å². The zero-order chi connectivity index (χ0) is 9.80. The van der Waals surface area contributed by atoms with E-state index in [0.717, 1.165) is 12.5 Å². The molecule has 1 fully saturated rings. The van der Waals surface area contributed by atoms with Crippen molar-refractivity contribution in [2.24, 2.45) is 5.92 Å². The second-order valence-electron chi connectivity index (χ2n) is 4.29. The van der Waals surface area contributed by atoms with Crippen LogP contribution in [-0.4, -0.2) is 6.54 Å². The van der Waals surface area contributed by atoms with Gasteiger partial charge in [-0.3, -0.25) is 0 Å². The second-order valence-corrected chi connectivity index (χ2v) is 5.67. The Hall–Kier alpha value is -0.340. The van der Waals surface area contributed by atoms with Gasteiger partial charge in [-0.05, 0) is 44.4 Å². The van der Waals surface area contributed by atoms with Crippen LogP contribution in [0.3, 0.4) is 0 Å². The molecule has 0 atom stereocenters. The lowest BCUT2D eigenvalue weighted by Crippen LogP contribution is -2.20. The van der Waals surface area contributed by atoms with E-state index in [-0.39, 0.29) is 0 Å². The molecular formula is C12H19NS. The molecule has 0 amide bonds. The van der Waals surface area contributed by atoms with Crippen molar-refractivity contribution < 1.29 is 0 Å². The molecule has 1 aromatic rings. The third kappa shape index (κ3) is 2.82. The first kappa shape index (κ1) is 10.2. The summed E-state index contributed by atoms with van der Waals surface area (Å²) < 4.78 is 0. The summed E-state index contributed by atoms with van der Waals surface area (Å²) in [5.41, 5.74) is 0. The van der Waals surface area contributed by atoms with Crippen molar-refractivity contribution in [1.29, 1.82) is 0 Å². The van der Waals surface area contributed by atoms with Crippen LogP contribution in [-0.2, 0) is 6.54 Å². The Morgan fingerprint density at radius 1 is 1.36 bits per heavy atom. The summed E-state index contributed by atoms with van der Waals surface area (Å²) in [6.07, 6.45) is 5.78. The van der Waals surface area contributed by atoms with Gasteiger partial charge < -0.3 is 5.32 Å². The van der Waals surface area contributed by atoms with Crippen molar-refractivity contribution in [2.45, 2.75) is 39.2 Å². The maximum atomic E-state index is 3.57. The highest BCUT2D eigenvalue weighted by atomic mass is 32.1. The predicted molar refractivity (Wildman–Crippen MR) is 62.7 cm³/mol. The molecular weight excluding hydrogens is 190 g/mol. The van der Waals surface area contributed by atoms with E-state index in [2.05, 4.69) is 24.4 Å². The minimum atomic E-state index is 0.955. The molecule has 78 valence electrons. The number of hydrogen-bond acceptors (Lipinski definition) is 2. The molecule has 1 N–H and O–H groups in total. The first-order valence-corrected chi connectivity index (χ1v) is 6.42. The van der Waals surface area contributed by atoms with Gasteiger partial charge in [-0.25, -0.2) is 0 Å². The number of rotatable bonds is 4. The molecule has 1 aliphatic carbocycles. The van der Waals surface area contributed by atoms with Gasteiger partial charge in [-0.15, -0.1) is 11.3 Å². The van der Waals surface area contributed by atoms with Crippen LogP contribution in [0.4, 0.5) is 0 Å². The lowest BCUT2D eigenvalue weighted by molar-refractivity contribution is 0.491. The molecule has 1 aromatic heterocycles. The SMILES string of the molecule is Cc1ccc(CNCC2CCCC2)s1. The van der Waals surface area contributed by atoms with Gasteiger partial charge in [-0.2, -0.15) is 0 Å². The molecule has 0 aliphatic heterocycles. The van der Waals surface area contributed by atoms with Crippen molar-refractivity contribution in [1.82, 2.24) is 5.32 Å². The zero-order valence-corrected chi connectivity index (χ0v) is 9.70. The first-order valence-electron chi connectivity index (χ1n) is 5.60. The summed E-state index contributed by atoms with van der Waals surface area (Å²) in [4.78, 5) is 2.89. The number of thiophene rings is 1. The highest BCUT2D eigenvalue weighted by Gasteiger charge is 2.13. The van der Waals surface area contributed by atoms with Crippen LogP contribution >= 0.6 is 11.3 Å². The summed E-state index contributed by atoms with van der Waals surface area (Å²) in [7, 11) is 0. The fourth-order valence-corrected chi connectivity index (χ4v) is 3.05. The van der Waals surface area contributed by atoms with E-state index in [1.54, 1.807) is 0 Å². The van der Waals surface area contributed by atoms with Crippen LogP contribution in [0.1, 0.15) is 35.4 Å². The van der Waals surface area contributed by atoms with Crippen LogP contribution < -0.4 is 5.32 Å². The highest BCUT2D eigenvalue weighted by Crippen LogP contribution is 2.24. The third-order valence-corrected chi connectivity index (χ3v) is 4.00. The van der Waals surface area contributed by atoms with Gasteiger partial charge in [0.1, 0.15) is 0 Å². The highest BCUT2D eigenvalue weighted by molar-refractivity contribution is 7.11. The Balaban J connectivity index is 1.67. The van der Waals surface area contributed by atoms with Crippen molar-refractivity contribution in [3.05, 3.63) is 21.9 Å². The lowest BCUT2D eigenvalue weighted by atomic mass is 10.1. The molecule has 0 bridgehead atoms. The fraction of sp³-hybridized carbons (Fsp3) is 0.667. The van der Waals surface area contributed by atoms with Gasteiger partial charge in [0.15, 0.2) is 0 Å². The summed E-state index contributed by atoms with van der Waals surface area (Å²) in [6, 6.07) is 4.44. The predicted octanol–water partition coefficient (Wildman–Crippen LogP) is 3.34. The fourth-order valence-electron chi connectivity index (χ4n) is 2.19. The Bertz CT molecular complexity index is 274. The van der Waals surface area contributed by atoms with Gasteiger partial charge >= 0.3 is 0 Å². The third-order valence-electron chi connectivity index (χ3n) is 3.00. The quantitative estimate of drug-likeness (QED) is 0.802. The van der Waals surface area contributed by atoms with Crippen LogP contribution in [0.15, 0.2) is 12.1 Å². The van der Waals surface area contributed by atoms with Gasteiger partial charge in [0.2, 0.25) is 0 Å². The molecule has 1 aliphatic rings. The maximum Gasteiger partial charge on any atom is 0.0299 e. The molecule has 2 rings (SSSR count). The van der Waals surface area contributed by atoms with Gasteiger partial charge in [0.05, 0.1) is 0 Å². The molecule has 0 unspecified atom stereocenters. The van der Waals surface area contributed by atoms with Crippen LogP contribution in [0.5, 0.6) is 0 Å². The standard InChI is InChI=1S/C12H19NS/c1-10-6-7-12(14-10)9-13-8-11-4-2-3-5-11/h6-7,11,13H,2-5,8-9H2,1H3. The minimum absolute atomic E-state index is 0.955. The average Bonchev–Trinajstić information content (AvgIpc) is 2.77. The second kappa shape index (κ2) is 4.94. The van der Waals surface area contributed by atoms with Crippen LogP contribution in [0.2, 0.25) is 0 Å². The van der Waals surface area contributed by atoms with Crippen LogP contribution in [0.25, 0.3) is 0 Å². The van der Waals surface area contributed by atoms with Gasteiger partial charge in [0.25, 0.3) is 0 Å². The summed E-state index contributed by atoms with van der Waals surface area (Å²) in [6.45, 7) is 4.46. The largest absolute Gasteiger partial charge is 0.312 e. The van der Waals surface area contributed by atoms with E-state index in [9.17, 15) is 0 Å². The smallest absolute Gasteiger partial charge is 0.0299 e. The monoisotopic (exact) mass is 209 g/mol. The molecule has 0 radical (unpaired) electrons. The van der Waals surface area contributed by atoms with Crippen molar-refractivity contribution in [2.75, 3.05) is 6.54 Å². The zero-order valence-electron chi connectivity index (χ0n) is 8.88. The van der Waals surface area contributed by atoms with Crippen molar-refractivity contribution >= 4 is 11.3 Å². The van der Waals surface area contributed by atoms with Crippen LogP contribution in [0, 0.1) is 12.8 Å². The van der Waals surface area contributed by atoms with E-state index in [1.165, 1.54) is 42.0 Å². The molecule has 0 saturated heterocycles. The average molecular weight is 209 g/mol. The molecule has 0 aromatic carbocycles. The Kier molecular flexibility index (Phi) is 3.60. The molecule has 1 nitrogen and oxygen atoms in total. The Morgan fingerprint density at radius 2 is 2.14 bits per heavy atom. The normalized spacial score (nSPS) is 17.8. The van der Waals surface area contributed by atoms with E-state index in [0.29, 0.717) is 0 Å². The van der Waals surface area contributed by atoms with Gasteiger partial charge in [0, 0.05) is 16.3 Å². The molecule has 1 heterocycles.